The Bertz CT molecular complexity index is 1030. The molecule has 0 unspecified atom stereocenters. The molecule has 28 heavy (non-hydrogen) atoms. The van der Waals surface area contributed by atoms with Gasteiger partial charge in [-0.25, -0.2) is 12.8 Å². The van der Waals surface area contributed by atoms with Crippen molar-refractivity contribution in [3.8, 4) is 0 Å². The van der Waals surface area contributed by atoms with Crippen molar-refractivity contribution in [3.63, 3.8) is 0 Å². The topological polar surface area (TPSA) is 63.2 Å². The lowest BCUT2D eigenvalue weighted by Gasteiger charge is -2.18. The fraction of sp³-hybridized carbons (Fsp3) is 0.190. The van der Waals surface area contributed by atoms with E-state index < -0.39 is 15.1 Å². The first kappa shape index (κ1) is 20.2. The van der Waals surface area contributed by atoms with E-state index in [-0.39, 0.29) is 28.9 Å². The van der Waals surface area contributed by atoms with Gasteiger partial charge in [0.25, 0.3) is 0 Å². The number of aryl methyl sites for hydroxylation is 1. The van der Waals surface area contributed by atoms with Gasteiger partial charge < -0.3 is 5.32 Å². The van der Waals surface area contributed by atoms with Gasteiger partial charge in [0.2, 0.25) is 5.91 Å². The van der Waals surface area contributed by atoms with Gasteiger partial charge >= 0.3 is 0 Å². The average molecular weight is 418 g/mol. The molecule has 0 bridgehead atoms. The van der Waals surface area contributed by atoms with E-state index in [1.54, 1.807) is 29.6 Å². The third kappa shape index (κ3) is 4.85. The van der Waals surface area contributed by atoms with Crippen molar-refractivity contribution in [1.29, 1.82) is 0 Å². The second-order valence-electron chi connectivity index (χ2n) is 6.48. The number of hydrogen-bond donors (Lipinski definition) is 1. The van der Waals surface area contributed by atoms with E-state index in [9.17, 15) is 17.6 Å². The van der Waals surface area contributed by atoms with Crippen molar-refractivity contribution in [2.24, 2.45) is 0 Å². The smallest absolute Gasteiger partial charge is 0.224 e. The predicted octanol–water partition coefficient (Wildman–Crippen LogP) is 4.07. The number of nitrogens with one attached hydrogen (secondary N) is 1. The highest BCUT2D eigenvalue weighted by Crippen LogP contribution is 2.31. The van der Waals surface area contributed by atoms with Gasteiger partial charge in [0, 0.05) is 6.54 Å². The van der Waals surface area contributed by atoms with Crippen molar-refractivity contribution < 1.29 is 17.6 Å². The monoisotopic (exact) mass is 417 g/mol. The van der Waals surface area contributed by atoms with Crippen molar-refractivity contribution >= 4 is 27.1 Å². The molecule has 0 spiro atoms. The van der Waals surface area contributed by atoms with Crippen LogP contribution in [0.3, 0.4) is 0 Å². The molecule has 0 saturated heterocycles. The molecule has 0 saturated carbocycles. The molecule has 7 heteroatoms. The summed E-state index contributed by atoms with van der Waals surface area (Å²) >= 11 is 1.16. The van der Waals surface area contributed by atoms with E-state index in [1.165, 1.54) is 24.3 Å². The maximum absolute atomic E-state index is 13.1. The van der Waals surface area contributed by atoms with Gasteiger partial charge in [0.15, 0.2) is 9.84 Å². The van der Waals surface area contributed by atoms with E-state index in [0.29, 0.717) is 11.1 Å². The number of thiophene rings is 1. The van der Waals surface area contributed by atoms with E-state index >= 15 is 0 Å². The predicted molar refractivity (Wildman–Crippen MR) is 109 cm³/mol. The van der Waals surface area contributed by atoms with Crippen LogP contribution in [0.15, 0.2) is 70.3 Å². The molecule has 4 nitrogen and oxygen atoms in total. The van der Waals surface area contributed by atoms with Crippen molar-refractivity contribution in [2.45, 2.75) is 22.8 Å². The minimum absolute atomic E-state index is 0.0384. The van der Waals surface area contributed by atoms with Crippen LogP contribution in [0.4, 0.5) is 4.39 Å². The summed E-state index contributed by atoms with van der Waals surface area (Å²) in [5.41, 5.74) is 2.31. The highest BCUT2D eigenvalue weighted by molar-refractivity contribution is 7.93. The minimum atomic E-state index is -3.64. The van der Waals surface area contributed by atoms with Gasteiger partial charge in [-0.1, -0.05) is 48.0 Å². The van der Waals surface area contributed by atoms with Gasteiger partial charge in [-0.3, -0.25) is 4.79 Å². The SMILES string of the molecule is Cc1ccc([C@H](CNC(=O)Cc2ccc(F)cc2)S(=O)(=O)c2cccs2)cc1. The molecule has 1 aromatic heterocycles. The number of halogens is 1. The molecule has 3 aromatic rings. The summed E-state index contributed by atoms with van der Waals surface area (Å²) in [5, 5.41) is 3.55. The maximum atomic E-state index is 13.1. The van der Waals surface area contributed by atoms with Gasteiger partial charge in [-0.2, -0.15) is 0 Å². The fourth-order valence-corrected chi connectivity index (χ4v) is 5.68. The maximum Gasteiger partial charge on any atom is 0.224 e. The zero-order chi connectivity index (χ0) is 20.1. The van der Waals surface area contributed by atoms with E-state index in [4.69, 9.17) is 0 Å². The Morgan fingerprint density at radius 2 is 1.75 bits per heavy atom. The van der Waals surface area contributed by atoms with Crippen LogP contribution in [-0.2, 0) is 21.1 Å². The lowest BCUT2D eigenvalue weighted by atomic mass is 10.1. The largest absolute Gasteiger partial charge is 0.354 e. The van der Waals surface area contributed by atoms with Gasteiger partial charge in [-0.15, -0.1) is 11.3 Å². The number of carbonyl (C=O) groups excluding carboxylic acids is 1. The standard InChI is InChI=1S/C21H20FNO3S2/c1-15-4-8-17(9-5-15)19(28(25,26)21-3-2-12-27-21)14-23-20(24)13-16-6-10-18(22)11-7-16/h2-12,19H,13-14H2,1H3,(H,23,24)/t19-/m0/s1. The fourth-order valence-electron chi connectivity index (χ4n) is 2.81. The Kier molecular flexibility index (Phi) is 6.26. The highest BCUT2D eigenvalue weighted by Gasteiger charge is 2.30. The molecular weight excluding hydrogens is 397 g/mol. The Morgan fingerprint density at radius 1 is 1.07 bits per heavy atom. The second-order valence-corrected chi connectivity index (χ2v) is 9.79. The first-order chi connectivity index (χ1) is 13.4. The normalized spacial score (nSPS) is 12.5. The summed E-state index contributed by atoms with van der Waals surface area (Å²) in [4.78, 5) is 12.3. The molecule has 0 aliphatic heterocycles. The van der Waals surface area contributed by atoms with Crippen LogP contribution in [-0.4, -0.2) is 20.9 Å². The number of sulfone groups is 1. The van der Waals surface area contributed by atoms with E-state index in [2.05, 4.69) is 5.32 Å². The molecule has 0 aliphatic carbocycles. The van der Waals surface area contributed by atoms with Crippen LogP contribution < -0.4 is 5.32 Å². The molecule has 1 atom stereocenters. The molecule has 3 rings (SSSR count). The van der Waals surface area contributed by atoms with Crippen molar-refractivity contribution in [1.82, 2.24) is 5.32 Å². The first-order valence-electron chi connectivity index (χ1n) is 8.71. The van der Waals surface area contributed by atoms with Crippen molar-refractivity contribution in [2.75, 3.05) is 6.54 Å². The summed E-state index contributed by atoms with van der Waals surface area (Å²) in [5.74, 6) is -0.685. The number of hydrogen-bond acceptors (Lipinski definition) is 4. The second kappa shape index (κ2) is 8.67. The van der Waals surface area contributed by atoms with Crippen LogP contribution in [0, 0.1) is 12.7 Å². The minimum Gasteiger partial charge on any atom is -0.354 e. The summed E-state index contributed by atoms with van der Waals surface area (Å²) in [6, 6.07) is 16.2. The van der Waals surface area contributed by atoms with Gasteiger partial charge in [0.1, 0.15) is 15.3 Å². The molecule has 0 radical (unpaired) electrons. The van der Waals surface area contributed by atoms with Gasteiger partial charge in [-0.05, 0) is 41.6 Å². The first-order valence-corrected chi connectivity index (χ1v) is 11.1. The molecule has 0 fully saturated rings. The third-order valence-corrected chi connectivity index (χ3v) is 7.89. The van der Waals surface area contributed by atoms with Crippen LogP contribution in [0.1, 0.15) is 21.9 Å². The Balaban J connectivity index is 1.78. The van der Waals surface area contributed by atoms with E-state index in [0.717, 1.165) is 16.9 Å². The molecule has 1 heterocycles. The molecule has 0 aliphatic rings. The number of amides is 1. The van der Waals surface area contributed by atoms with Crippen molar-refractivity contribution in [3.05, 3.63) is 88.6 Å². The molecule has 1 amide bonds. The molecule has 2 aromatic carbocycles. The van der Waals surface area contributed by atoms with Gasteiger partial charge in [0.05, 0.1) is 6.42 Å². The van der Waals surface area contributed by atoms with Crippen LogP contribution in [0.5, 0.6) is 0 Å². The van der Waals surface area contributed by atoms with Crippen LogP contribution >= 0.6 is 11.3 Å². The zero-order valence-electron chi connectivity index (χ0n) is 15.3. The number of carbonyl (C=O) groups is 1. The summed E-state index contributed by atoms with van der Waals surface area (Å²) < 4.78 is 39.5. The number of benzene rings is 2. The quantitative estimate of drug-likeness (QED) is 0.630. The van der Waals surface area contributed by atoms with Crippen LogP contribution in [0.2, 0.25) is 0 Å². The lowest BCUT2D eigenvalue weighted by molar-refractivity contribution is -0.120. The third-order valence-electron chi connectivity index (χ3n) is 4.36. The Morgan fingerprint density at radius 3 is 2.36 bits per heavy atom. The molecule has 146 valence electrons. The van der Waals surface area contributed by atoms with E-state index in [1.807, 2.05) is 19.1 Å². The summed E-state index contributed by atoms with van der Waals surface area (Å²) in [6.45, 7) is 1.89. The molecular formula is C21H20FNO3S2. The summed E-state index contributed by atoms with van der Waals surface area (Å²) in [6.07, 6.45) is 0.0555. The number of rotatable bonds is 7. The zero-order valence-corrected chi connectivity index (χ0v) is 16.9. The highest BCUT2D eigenvalue weighted by atomic mass is 32.2. The Labute approximate surface area is 168 Å². The Hall–Kier alpha value is -2.51. The average Bonchev–Trinajstić information content (AvgIpc) is 3.21. The summed E-state index contributed by atoms with van der Waals surface area (Å²) in [7, 11) is -3.64. The lowest BCUT2D eigenvalue weighted by Crippen LogP contribution is -2.32. The van der Waals surface area contributed by atoms with Crippen LogP contribution in [0.25, 0.3) is 0 Å². The molecule has 1 N–H and O–H groups in total.